The van der Waals surface area contributed by atoms with Crippen molar-refractivity contribution in [2.75, 3.05) is 24.7 Å². The SMILES string of the molecule is CCC(C(=O)N(C)Cc1ccc(OC)cc1)N(c1ccc(C)c(C)c1)S(C)(=O)=O. The van der Waals surface area contributed by atoms with Gasteiger partial charge in [-0.3, -0.25) is 9.10 Å². The first-order chi connectivity index (χ1) is 13.6. The average Bonchev–Trinajstić information content (AvgIpc) is 2.67. The minimum atomic E-state index is -3.65. The maximum atomic E-state index is 13.2. The second-order valence-corrected chi connectivity index (χ2v) is 9.15. The van der Waals surface area contributed by atoms with Gasteiger partial charge in [-0.2, -0.15) is 0 Å². The van der Waals surface area contributed by atoms with Crippen molar-refractivity contribution in [2.24, 2.45) is 0 Å². The van der Waals surface area contributed by atoms with E-state index in [-0.39, 0.29) is 5.91 Å². The van der Waals surface area contributed by atoms with Gasteiger partial charge in [0.1, 0.15) is 11.8 Å². The van der Waals surface area contributed by atoms with E-state index < -0.39 is 16.1 Å². The molecule has 6 nitrogen and oxygen atoms in total. The van der Waals surface area contributed by atoms with Gasteiger partial charge in [-0.25, -0.2) is 8.42 Å². The van der Waals surface area contributed by atoms with E-state index in [1.165, 1.54) is 4.31 Å². The van der Waals surface area contributed by atoms with Gasteiger partial charge in [0.2, 0.25) is 15.9 Å². The topological polar surface area (TPSA) is 66.9 Å². The minimum Gasteiger partial charge on any atom is -0.497 e. The molecule has 2 aromatic rings. The molecule has 7 heteroatoms. The van der Waals surface area contributed by atoms with Crippen LogP contribution in [0.5, 0.6) is 5.75 Å². The summed E-state index contributed by atoms with van der Waals surface area (Å²) in [5.74, 6) is 0.499. The molecule has 158 valence electrons. The van der Waals surface area contributed by atoms with Crippen LogP contribution in [0.3, 0.4) is 0 Å². The largest absolute Gasteiger partial charge is 0.497 e. The van der Waals surface area contributed by atoms with Gasteiger partial charge in [-0.15, -0.1) is 0 Å². The standard InChI is InChI=1S/C22H30N2O4S/c1-7-21(22(25)23(4)15-18-9-12-20(28-5)13-10-18)24(29(6,26)27)19-11-8-16(2)17(3)14-19/h8-14,21H,7,15H2,1-6H3. The predicted octanol–water partition coefficient (Wildman–Crippen LogP) is 3.52. The Kier molecular flexibility index (Phi) is 7.30. The van der Waals surface area contributed by atoms with Crippen LogP contribution in [0, 0.1) is 13.8 Å². The Morgan fingerprint density at radius 3 is 2.17 bits per heavy atom. The van der Waals surface area contributed by atoms with Gasteiger partial charge >= 0.3 is 0 Å². The molecular weight excluding hydrogens is 388 g/mol. The van der Waals surface area contributed by atoms with E-state index in [4.69, 9.17) is 4.74 Å². The van der Waals surface area contributed by atoms with Gasteiger partial charge in [0.15, 0.2) is 0 Å². The van der Waals surface area contributed by atoms with E-state index >= 15 is 0 Å². The number of aryl methyl sites for hydroxylation is 2. The number of carbonyl (C=O) groups excluding carboxylic acids is 1. The molecule has 0 saturated heterocycles. The summed E-state index contributed by atoms with van der Waals surface area (Å²) in [7, 11) is -0.359. The molecule has 1 atom stereocenters. The van der Waals surface area contributed by atoms with Gasteiger partial charge in [-0.1, -0.05) is 25.1 Å². The number of benzene rings is 2. The molecule has 0 fully saturated rings. The fourth-order valence-corrected chi connectivity index (χ4v) is 4.44. The molecule has 0 bridgehead atoms. The van der Waals surface area contributed by atoms with Crippen LogP contribution >= 0.6 is 0 Å². The zero-order valence-corrected chi connectivity index (χ0v) is 18.8. The monoisotopic (exact) mass is 418 g/mol. The molecule has 0 aliphatic heterocycles. The number of methoxy groups -OCH3 is 1. The van der Waals surface area contributed by atoms with E-state index in [0.29, 0.717) is 18.7 Å². The summed E-state index contributed by atoms with van der Waals surface area (Å²) < 4.78 is 31.7. The number of hydrogen-bond donors (Lipinski definition) is 0. The van der Waals surface area contributed by atoms with Crippen molar-refractivity contribution in [1.29, 1.82) is 0 Å². The highest BCUT2D eigenvalue weighted by molar-refractivity contribution is 7.92. The first-order valence-corrected chi connectivity index (χ1v) is 11.4. The highest BCUT2D eigenvalue weighted by Gasteiger charge is 2.33. The highest BCUT2D eigenvalue weighted by atomic mass is 32.2. The molecule has 2 aromatic carbocycles. The van der Waals surface area contributed by atoms with Crippen LogP contribution in [0.2, 0.25) is 0 Å². The molecule has 0 radical (unpaired) electrons. The van der Waals surface area contributed by atoms with Gasteiger partial charge in [0.25, 0.3) is 0 Å². The summed E-state index contributed by atoms with van der Waals surface area (Å²) in [6.45, 7) is 6.10. The third-order valence-electron chi connectivity index (χ3n) is 5.01. The third kappa shape index (κ3) is 5.50. The predicted molar refractivity (Wildman–Crippen MR) is 117 cm³/mol. The lowest BCUT2D eigenvalue weighted by Crippen LogP contribution is -2.49. The van der Waals surface area contributed by atoms with E-state index in [2.05, 4.69) is 0 Å². The zero-order chi connectivity index (χ0) is 21.8. The Balaban J connectivity index is 2.32. The van der Waals surface area contributed by atoms with Crippen molar-refractivity contribution < 1.29 is 17.9 Å². The molecule has 1 amide bonds. The Morgan fingerprint density at radius 1 is 1.07 bits per heavy atom. The van der Waals surface area contributed by atoms with Crippen LogP contribution < -0.4 is 9.04 Å². The number of hydrogen-bond acceptors (Lipinski definition) is 4. The fraction of sp³-hybridized carbons (Fsp3) is 0.409. The van der Waals surface area contributed by atoms with Gasteiger partial charge in [0.05, 0.1) is 19.1 Å². The van der Waals surface area contributed by atoms with Crippen molar-refractivity contribution in [1.82, 2.24) is 4.90 Å². The Labute approximate surface area is 174 Å². The van der Waals surface area contributed by atoms with E-state index in [1.807, 2.05) is 57.2 Å². The summed E-state index contributed by atoms with van der Waals surface area (Å²) in [5, 5.41) is 0. The molecule has 0 N–H and O–H groups in total. The van der Waals surface area contributed by atoms with Crippen molar-refractivity contribution in [2.45, 2.75) is 39.8 Å². The second kappa shape index (κ2) is 9.31. The summed E-state index contributed by atoms with van der Waals surface area (Å²) >= 11 is 0. The number of nitrogens with zero attached hydrogens (tertiary/aromatic N) is 2. The summed E-state index contributed by atoms with van der Waals surface area (Å²) in [5.41, 5.74) is 3.49. The molecule has 29 heavy (non-hydrogen) atoms. The quantitative estimate of drug-likeness (QED) is 0.658. The molecular formula is C22H30N2O4S. The van der Waals surface area contributed by atoms with E-state index in [9.17, 15) is 13.2 Å². The molecule has 0 aromatic heterocycles. The highest BCUT2D eigenvalue weighted by Crippen LogP contribution is 2.26. The van der Waals surface area contributed by atoms with Crippen LogP contribution in [0.25, 0.3) is 0 Å². The van der Waals surface area contributed by atoms with Crippen LogP contribution in [-0.2, 0) is 21.4 Å². The maximum Gasteiger partial charge on any atom is 0.246 e. The summed E-state index contributed by atoms with van der Waals surface area (Å²) in [4.78, 5) is 14.8. The molecule has 1 unspecified atom stereocenters. The molecule has 0 aliphatic rings. The second-order valence-electron chi connectivity index (χ2n) is 7.29. The molecule has 0 heterocycles. The van der Waals surface area contributed by atoms with Crippen LogP contribution in [-0.4, -0.2) is 45.7 Å². The summed E-state index contributed by atoms with van der Waals surface area (Å²) in [6, 6.07) is 12.1. The summed E-state index contributed by atoms with van der Waals surface area (Å²) in [6.07, 6.45) is 1.51. The fourth-order valence-electron chi connectivity index (χ4n) is 3.24. The molecule has 2 rings (SSSR count). The number of amides is 1. The number of anilines is 1. The number of ether oxygens (including phenoxy) is 1. The van der Waals surface area contributed by atoms with Crippen molar-refractivity contribution in [3.63, 3.8) is 0 Å². The Morgan fingerprint density at radius 2 is 1.69 bits per heavy atom. The third-order valence-corrected chi connectivity index (χ3v) is 6.19. The van der Waals surface area contributed by atoms with Crippen molar-refractivity contribution in [3.8, 4) is 5.75 Å². The minimum absolute atomic E-state index is 0.244. The normalized spacial score (nSPS) is 12.3. The molecule has 0 aliphatic carbocycles. The number of carbonyl (C=O) groups is 1. The lowest BCUT2D eigenvalue weighted by molar-refractivity contribution is -0.131. The van der Waals surface area contributed by atoms with Gasteiger partial charge in [-0.05, 0) is 61.2 Å². The van der Waals surface area contributed by atoms with E-state index in [0.717, 1.165) is 28.7 Å². The van der Waals surface area contributed by atoms with Crippen LogP contribution in [0.15, 0.2) is 42.5 Å². The van der Waals surface area contributed by atoms with Crippen molar-refractivity contribution in [3.05, 3.63) is 59.2 Å². The van der Waals surface area contributed by atoms with Gasteiger partial charge < -0.3 is 9.64 Å². The smallest absolute Gasteiger partial charge is 0.246 e. The van der Waals surface area contributed by atoms with Crippen LogP contribution in [0.1, 0.15) is 30.0 Å². The lowest BCUT2D eigenvalue weighted by Gasteiger charge is -2.33. The molecule has 0 spiro atoms. The first-order valence-electron chi connectivity index (χ1n) is 9.53. The number of likely N-dealkylation sites (N-methyl/N-ethyl adjacent to an activating group) is 1. The lowest BCUT2D eigenvalue weighted by atomic mass is 10.1. The van der Waals surface area contributed by atoms with Crippen LogP contribution in [0.4, 0.5) is 5.69 Å². The first kappa shape index (κ1) is 22.7. The number of sulfonamides is 1. The molecule has 0 saturated carbocycles. The van der Waals surface area contributed by atoms with Gasteiger partial charge in [0, 0.05) is 13.6 Å². The van der Waals surface area contributed by atoms with E-state index in [1.54, 1.807) is 25.1 Å². The maximum absolute atomic E-state index is 13.2. The Hall–Kier alpha value is -2.54. The number of rotatable bonds is 8. The average molecular weight is 419 g/mol. The Bertz CT molecular complexity index is 955. The zero-order valence-electron chi connectivity index (χ0n) is 18.0. The van der Waals surface area contributed by atoms with Crippen molar-refractivity contribution >= 4 is 21.6 Å².